The quantitative estimate of drug-likeness (QED) is 0.939. The monoisotopic (exact) mass is 288 g/mol. The summed E-state index contributed by atoms with van der Waals surface area (Å²) in [5.74, 6) is 0.742. The lowest BCUT2D eigenvalue weighted by Crippen LogP contribution is -2.41. The van der Waals surface area contributed by atoms with Crippen LogP contribution in [-0.2, 0) is 6.54 Å². The number of nitrogens with zero attached hydrogens (tertiary/aromatic N) is 3. The molecule has 0 aliphatic carbocycles. The number of hydrogen-bond donors (Lipinski definition) is 1. The highest BCUT2D eigenvalue weighted by Gasteiger charge is 2.21. The molecule has 1 fully saturated rings. The van der Waals surface area contributed by atoms with Crippen molar-refractivity contribution >= 4 is 17.3 Å². The van der Waals surface area contributed by atoms with Crippen LogP contribution in [0.1, 0.15) is 23.3 Å². The number of hydrogen-bond acceptors (Lipinski definition) is 5. The molecule has 0 aromatic carbocycles. The summed E-state index contributed by atoms with van der Waals surface area (Å²) in [6, 6.07) is 4.50. The third-order valence-electron chi connectivity index (χ3n) is 3.74. The molecule has 0 amide bonds. The maximum absolute atomic E-state index is 4.25. The van der Waals surface area contributed by atoms with Crippen LogP contribution in [0.4, 0.5) is 5.95 Å². The molecule has 1 aliphatic heterocycles. The number of aromatic nitrogens is 2. The molecular weight excluding hydrogens is 268 g/mol. The molecule has 1 aliphatic rings. The molecule has 106 valence electrons. The summed E-state index contributed by atoms with van der Waals surface area (Å²) in [7, 11) is 0. The normalized spacial score (nSPS) is 19.9. The van der Waals surface area contributed by atoms with Gasteiger partial charge >= 0.3 is 0 Å². The molecule has 1 unspecified atom stereocenters. The van der Waals surface area contributed by atoms with Crippen molar-refractivity contribution in [3.8, 4) is 0 Å². The summed E-state index contributed by atoms with van der Waals surface area (Å²) >= 11 is 1.86. The van der Waals surface area contributed by atoms with Gasteiger partial charge in [0.25, 0.3) is 0 Å². The Labute approximate surface area is 123 Å². The van der Waals surface area contributed by atoms with Crippen molar-refractivity contribution in [1.29, 1.82) is 0 Å². The zero-order valence-corrected chi connectivity index (χ0v) is 12.6. The number of thiophene rings is 1. The van der Waals surface area contributed by atoms with Crippen molar-refractivity contribution in [2.45, 2.75) is 32.4 Å². The van der Waals surface area contributed by atoms with Crippen molar-refractivity contribution in [2.24, 2.45) is 0 Å². The fourth-order valence-corrected chi connectivity index (χ4v) is 3.59. The van der Waals surface area contributed by atoms with Gasteiger partial charge < -0.3 is 5.32 Å². The smallest absolute Gasteiger partial charge is 0.222 e. The predicted octanol–water partition coefficient (Wildman–Crippen LogP) is 2.92. The minimum atomic E-state index is 0.450. The molecule has 4 nitrogen and oxygen atoms in total. The molecule has 3 heterocycles. The highest BCUT2D eigenvalue weighted by molar-refractivity contribution is 7.10. The van der Waals surface area contributed by atoms with Crippen LogP contribution in [0.15, 0.2) is 29.9 Å². The first-order chi connectivity index (χ1) is 9.81. The summed E-state index contributed by atoms with van der Waals surface area (Å²) in [6.45, 7) is 5.52. The van der Waals surface area contributed by atoms with E-state index in [1.165, 1.54) is 29.8 Å². The minimum absolute atomic E-state index is 0.450. The zero-order valence-electron chi connectivity index (χ0n) is 11.7. The van der Waals surface area contributed by atoms with Crippen LogP contribution < -0.4 is 5.32 Å². The summed E-state index contributed by atoms with van der Waals surface area (Å²) in [4.78, 5) is 12.5. The average Bonchev–Trinajstić information content (AvgIpc) is 2.86. The van der Waals surface area contributed by atoms with E-state index in [2.05, 4.69) is 38.6 Å². The molecule has 20 heavy (non-hydrogen) atoms. The van der Waals surface area contributed by atoms with Gasteiger partial charge in [0.05, 0.1) is 0 Å². The van der Waals surface area contributed by atoms with Crippen molar-refractivity contribution in [1.82, 2.24) is 14.9 Å². The molecular formula is C15H20N4S. The second kappa shape index (κ2) is 6.33. The summed E-state index contributed by atoms with van der Waals surface area (Å²) in [5, 5.41) is 5.63. The highest BCUT2D eigenvalue weighted by atomic mass is 32.1. The Bertz CT molecular complexity index is 540. The van der Waals surface area contributed by atoms with Crippen LogP contribution in [0.25, 0.3) is 0 Å². The molecule has 1 atom stereocenters. The van der Waals surface area contributed by atoms with Crippen LogP contribution in [-0.4, -0.2) is 34.0 Å². The van der Waals surface area contributed by atoms with Crippen LogP contribution in [0, 0.1) is 6.92 Å². The Hall–Kier alpha value is -1.46. The van der Waals surface area contributed by atoms with Crippen LogP contribution in [0.2, 0.25) is 0 Å². The maximum Gasteiger partial charge on any atom is 0.222 e. The van der Waals surface area contributed by atoms with Crippen LogP contribution >= 0.6 is 11.3 Å². The minimum Gasteiger partial charge on any atom is -0.350 e. The first-order valence-electron chi connectivity index (χ1n) is 7.10. The number of anilines is 1. The van der Waals surface area contributed by atoms with E-state index in [0.717, 1.165) is 19.0 Å². The Kier molecular flexibility index (Phi) is 4.28. The lowest BCUT2D eigenvalue weighted by atomic mass is 10.1. The third-order valence-corrected chi connectivity index (χ3v) is 4.75. The van der Waals surface area contributed by atoms with Crippen LogP contribution in [0.5, 0.6) is 0 Å². The van der Waals surface area contributed by atoms with Gasteiger partial charge in [-0.2, -0.15) is 0 Å². The van der Waals surface area contributed by atoms with E-state index in [1.54, 1.807) is 12.4 Å². The average molecular weight is 288 g/mol. The first kappa shape index (κ1) is 13.5. The van der Waals surface area contributed by atoms with E-state index in [1.807, 2.05) is 17.4 Å². The van der Waals surface area contributed by atoms with Gasteiger partial charge in [-0.15, -0.1) is 11.3 Å². The molecule has 2 aromatic heterocycles. The van der Waals surface area contributed by atoms with E-state index in [-0.39, 0.29) is 0 Å². The van der Waals surface area contributed by atoms with Crippen molar-refractivity contribution < 1.29 is 0 Å². The fraction of sp³-hybridized carbons (Fsp3) is 0.467. The summed E-state index contributed by atoms with van der Waals surface area (Å²) in [5.41, 5.74) is 1.41. The molecule has 1 saturated heterocycles. The molecule has 2 aromatic rings. The summed E-state index contributed by atoms with van der Waals surface area (Å²) < 4.78 is 0. The second-order valence-electron chi connectivity index (χ2n) is 5.32. The Balaban J connectivity index is 1.58. The molecule has 5 heteroatoms. The fourth-order valence-electron chi connectivity index (χ4n) is 2.64. The summed E-state index contributed by atoms with van der Waals surface area (Å²) in [6.07, 6.45) is 5.99. The highest BCUT2D eigenvalue weighted by Crippen LogP contribution is 2.21. The predicted molar refractivity (Wildman–Crippen MR) is 83.0 cm³/mol. The SMILES string of the molecule is Cc1ccsc1CN1CCCC(Nc2ncccn2)C1. The number of nitrogens with one attached hydrogen (secondary N) is 1. The third kappa shape index (κ3) is 3.35. The molecule has 0 radical (unpaired) electrons. The lowest BCUT2D eigenvalue weighted by molar-refractivity contribution is 0.209. The second-order valence-corrected chi connectivity index (χ2v) is 6.32. The van der Waals surface area contributed by atoms with Gasteiger partial charge in [0.15, 0.2) is 0 Å². The van der Waals surface area contributed by atoms with Gasteiger partial charge in [0.1, 0.15) is 0 Å². The topological polar surface area (TPSA) is 41.0 Å². The standard InChI is InChI=1S/C15H20N4S/c1-12-5-9-20-14(12)11-19-8-2-4-13(10-19)18-15-16-6-3-7-17-15/h3,5-7,9,13H,2,4,8,10-11H2,1H3,(H,16,17,18). The molecule has 0 spiro atoms. The van der Waals surface area contributed by atoms with Crippen molar-refractivity contribution in [2.75, 3.05) is 18.4 Å². The number of aryl methyl sites for hydroxylation is 1. The van der Waals surface area contributed by atoms with E-state index >= 15 is 0 Å². The molecule has 3 rings (SSSR count). The Morgan fingerprint density at radius 3 is 3.00 bits per heavy atom. The molecule has 0 bridgehead atoms. The Morgan fingerprint density at radius 2 is 2.25 bits per heavy atom. The molecule has 0 saturated carbocycles. The lowest BCUT2D eigenvalue weighted by Gasteiger charge is -2.33. The number of rotatable bonds is 4. The van der Waals surface area contributed by atoms with Gasteiger partial charge in [0.2, 0.25) is 5.95 Å². The van der Waals surface area contributed by atoms with E-state index in [0.29, 0.717) is 6.04 Å². The zero-order chi connectivity index (χ0) is 13.8. The van der Waals surface area contributed by atoms with Crippen LogP contribution in [0.3, 0.4) is 0 Å². The Morgan fingerprint density at radius 1 is 1.40 bits per heavy atom. The van der Waals surface area contributed by atoms with E-state index in [4.69, 9.17) is 0 Å². The number of likely N-dealkylation sites (tertiary alicyclic amines) is 1. The van der Waals surface area contributed by atoms with E-state index < -0.39 is 0 Å². The molecule has 1 N–H and O–H groups in total. The van der Waals surface area contributed by atoms with Gasteiger partial charge in [-0.1, -0.05) is 0 Å². The first-order valence-corrected chi connectivity index (χ1v) is 7.98. The van der Waals surface area contributed by atoms with Gasteiger partial charge in [-0.25, -0.2) is 9.97 Å². The van der Waals surface area contributed by atoms with Gasteiger partial charge in [-0.05, 0) is 49.4 Å². The van der Waals surface area contributed by atoms with Crippen molar-refractivity contribution in [3.63, 3.8) is 0 Å². The maximum atomic E-state index is 4.25. The van der Waals surface area contributed by atoms with Gasteiger partial charge in [-0.3, -0.25) is 4.90 Å². The van der Waals surface area contributed by atoms with E-state index in [9.17, 15) is 0 Å². The van der Waals surface area contributed by atoms with Gasteiger partial charge in [0, 0.05) is 36.4 Å². The largest absolute Gasteiger partial charge is 0.350 e. The number of piperidine rings is 1. The van der Waals surface area contributed by atoms with Crippen molar-refractivity contribution in [3.05, 3.63) is 40.3 Å².